The van der Waals surface area contributed by atoms with Crippen LogP contribution >= 0.6 is 39.9 Å². The van der Waals surface area contributed by atoms with E-state index in [4.69, 9.17) is 4.74 Å². The molecular formula is C15H24BrFIN3O. The molecule has 4 nitrogen and oxygen atoms in total. The zero-order chi connectivity index (χ0) is 15.9. The van der Waals surface area contributed by atoms with Crippen molar-refractivity contribution in [3.63, 3.8) is 0 Å². The van der Waals surface area contributed by atoms with Crippen LogP contribution in [0.4, 0.5) is 4.39 Å². The molecule has 0 heterocycles. The molecule has 0 aliphatic heterocycles. The second-order valence-corrected chi connectivity index (χ2v) is 6.17. The molecule has 1 rings (SSSR count). The van der Waals surface area contributed by atoms with Crippen LogP contribution in [-0.2, 0) is 11.2 Å². The Kier molecular flexibility index (Phi) is 10.2. The van der Waals surface area contributed by atoms with Crippen molar-refractivity contribution in [1.82, 2.24) is 10.6 Å². The minimum Gasteiger partial charge on any atom is -0.377 e. The van der Waals surface area contributed by atoms with E-state index >= 15 is 0 Å². The zero-order valence-electron chi connectivity index (χ0n) is 13.4. The summed E-state index contributed by atoms with van der Waals surface area (Å²) in [5.41, 5.74) is 0.808. The predicted molar refractivity (Wildman–Crippen MR) is 104 cm³/mol. The van der Waals surface area contributed by atoms with Crippen LogP contribution in [0.2, 0.25) is 0 Å². The molecule has 22 heavy (non-hydrogen) atoms. The molecule has 0 fully saturated rings. The summed E-state index contributed by atoms with van der Waals surface area (Å²) in [5.74, 6) is 0.479. The third-order valence-electron chi connectivity index (χ3n) is 3.15. The van der Waals surface area contributed by atoms with Crippen LogP contribution in [0.15, 0.2) is 27.7 Å². The molecule has 126 valence electrons. The van der Waals surface area contributed by atoms with Crippen LogP contribution < -0.4 is 10.6 Å². The van der Waals surface area contributed by atoms with E-state index in [1.807, 2.05) is 13.8 Å². The van der Waals surface area contributed by atoms with Crippen LogP contribution in [0, 0.1) is 5.82 Å². The summed E-state index contributed by atoms with van der Waals surface area (Å²) in [6, 6.07) is 5.04. The number of benzene rings is 1. The van der Waals surface area contributed by atoms with Gasteiger partial charge in [0.1, 0.15) is 5.82 Å². The fraction of sp³-hybridized carbons (Fsp3) is 0.533. The van der Waals surface area contributed by atoms with Crippen LogP contribution in [0.25, 0.3) is 0 Å². The van der Waals surface area contributed by atoms with Crippen molar-refractivity contribution >= 4 is 45.9 Å². The van der Waals surface area contributed by atoms with Gasteiger partial charge in [-0.05, 0) is 53.9 Å². The summed E-state index contributed by atoms with van der Waals surface area (Å²) in [7, 11) is 3.41. The van der Waals surface area contributed by atoms with Crippen molar-refractivity contribution < 1.29 is 9.13 Å². The Morgan fingerprint density at radius 1 is 1.36 bits per heavy atom. The standard InChI is InChI=1S/C15H23BrFN3O.HI/c1-15(2,21-4)10-20-14(18-3)19-8-7-11-5-6-13(17)12(16)9-11;/h5-6,9H,7-8,10H2,1-4H3,(H2,18,19,20);1H. The number of methoxy groups -OCH3 is 1. The summed E-state index contributed by atoms with van der Waals surface area (Å²) < 4.78 is 19.0. The number of aliphatic imine (C=N–C) groups is 1. The molecule has 0 unspecified atom stereocenters. The molecule has 7 heteroatoms. The molecular weight excluding hydrogens is 464 g/mol. The molecule has 0 aliphatic rings. The number of halogens is 3. The summed E-state index contributed by atoms with van der Waals surface area (Å²) in [5, 5.41) is 6.43. The van der Waals surface area contributed by atoms with E-state index in [0.29, 0.717) is 17.6 Å². The topological polar surface area (TPSA) is 45.7 Å². The van der Waals surface area contributed by atoms with Crippen LogP contribution in [0.5, 0.6) is 0 Å². The lowest BCUT2D eigenvalue weighted by Crippen LogP contribution is -2.45. The van der Waals surface area contributed by atoms with E-state index in [0.717, 1.165) is 17.9 Å². The first-order valence-corrected chi connectivity index (χ1v) is 7.61. The molecule has 0 aliphatic carbocycles. The van der Waals surface area contributed by atoms with E-state index < -0.39 is 0 Å². The highest BCUT2D eigenvalue weighted by molar-refractivity contribution is 14.0. The molecule has 0 amide bonds. The van der Waals surface area contributed by atoms with Gasteiger partial charge in [0.15, 0.2) is 5.96 Å². The van der Waals surface area contributed by atoms with Crippen LogP contribution in [0.3, 0.4) is 0 Å². The van der Waals surface area contributed by atoms with Gasteiger partial charge in [-0.3, -0.25) is 4.99 Å². The zero-order valence-corrected chi connectivity index (χ0v) is 17.3. The first kappa shape index (κ1) is 21.6. The molecule has 0 spiro atoms. The van der Waals surface area contributed by atoms with Gasteiger partial charge in [-0.2, -0.15) is 0 Å². The lowest BCUT2D eigenvalue weighted by Gasteiger charge is -2.24. The Morgan fingerprint density at radius 3 is 2.59 bits per heavy atom. The minimum absolute atomic E-state index is 0. The van der Waals surface area contributed by atoms with Gasteiger partial charge >= 0.3 is 0 Å². The number of hydrogen-bond donors (Lipinski definition) is 2. The maximum absolute atomic E-state index is 13.1. The first-order chi connectivity index (χ1) is 9.88. The molecule has 1 aromatic carbocycles. The normalized spacial score (nSPS) is 11.8. The molecule has 2 N–H and O–H groups in total. The van der Waals surface area contributed by atoms with Gasteiger partial charge in [-0.25, -0.2) is 4.39 Å². The Bertz CT molecular complexity index is 498. The quantitative estimate of drug-likeness (QED) is 0.367. The fourth-order valence-electron chi connectivity index (χ4n) is 1.61. The second-order valence-electron chi connectivity index (χ2n) is 5.31. The molecule has 0 atom stereocenters. The van der Waals surface area contributed by atoms with E-state index in [9.17, 15) is 4.39 Å². The smallest absolute Gasteiger partial charge is 0.191 e. The molecule has 0 aromatic heterocycles. The summed E-state index contributed by atoms with van der Waals surface area (Å²) >= 11 is 3.19. The van der Waals surface area contributed by atoms with Crippen molar-refractivity contribution in [2.75, 3.05) is 27.2 Å². The number of ether oxygens (including phenoxy) is 1. The van der Waals surface area contributed by atoms with Crippen molar-refractivity contribution in [1.29, 1.82) is 0 Å². The maximum Gasteiger partial charge on any atom is 0.191 e. The van der Waals surface area contributed by atoms with E-state index in [2.05, 4.69) is 31.6 Å². The number of guanidine groups is 1. The van der Waals surface area contributed by atoms with Crippen molar-refractivity contribution in [2.45, 2.75) is 25.9 Å². The van der Waals surface area contributed by atoms with Crippen molar-refractivity contribution in [2.24, 2.45) is 4.99 Å². The Labute approximate surface area is 157 Å². The average molecular weight is 488 g/mol. The lowest BCUT2D eigenvalue weighted by atomic mass is 10.1. The number of hydrogen-bond acceptors (Lipinski definition) is 2. The fourth-order valence-corrected chi connectivity index (χ4v) is 2.04. The van der Waals surface area contributed by atoms with Gasteiger partial charge in [0.25, 0.3) is 0 Å². The number of nitrogens with one attached hydrogen (secondary N) is 2. The van der Waals surface area contributed by atoms with E-state index in [-0.39, 0.29) is 35.4 Å². The Balaban J connectivity index is 0.00000441. The highest BCUT2D eigenvalue weighted by atomic mass is 127. The van der Waals surface area contributed by atoms with E-state index in [1.54, 1.807) is 26.3 Å². The third-order valence-corrected chi connectivity index (χ3v) is 3.76. The monoisotopic (exact) mass is 487 g/mol. The molecule has 1 aromatic rings. The number of nitrogens with zero attached hydrogens (tertiary/aromatic N) is 1. The highest BCUT2D eigenvalue weighted by Gasteiger charge is 2.16. The minimum atomic E-state index is -0.251. The third kappa shape index (κ3) is 7.73. The van der Waals surface area contributed by atoms with Gasteiger partial charge in [0.05, 0.1) is 10.1 Å². The SMILES string of the molecule is CN=C(NCCc1ccc(F)c(Br)c1)NCC(C)(C)OC.I. The summed E-state index contributed by atoms with van der Waals surface area (Å²) in [6.45, 7) is 5.38. The molecule has 0 bridgehead atoms. The summed E-state index contributed by atoms with van der Waals surface area (Å²) in [4.78, 5) is 4.16. The van der Waals surface area contributed by atoms with Crippen molar-refractivity contribution in [3.8, 4) is 0 Å². The van der Waals surface area contributed by atoms with Gasteiger partial charge < -0.3 is 15.4 Å². The maximum atomic E-state index is 13.1. The van der Waals surface area contributed by atoms with Crippen molar-refractivity contribution in [3.05, 3.63) is 34.1 Å². The molecule has 0 saturated carbocycles. The number of rotatable bonds is 6. The van der Waals surface area contributed by atoms with Gasteiger partial charge in [-0.15, -0.1) is 24.0 Å². The Morgan fingerprint density at radius 2 is 2.05 bits per heavy atom. The molecule has 0 saturated heterocycles. The van der Waals surface area contributed by atoms with Crippen LogP contribution in [0.1, 0.15) is 19.4 Å². The predicted octanol–water partition coefficient (Wildman–Crippen LogP) is 3.34. The summed E-state index contributed by atoms with van der Waals surface area (Å²) in [6.07, 6.45) is 0.785. The van der Waals surface area contributed by atoms with Crippen LogP contribution in [-0.4, -0.2) is 38.8 Å². The van der Waals surface area contributed by atoms with Gasteiger partial charge in [-0.1, -0.05) is 6.07 Å². The average Bonchev–Trinajstić information content (AvgIpc) is 2.46. The highest BCUT2D eigenvalue weighted by Crippen LogP contribution is 2.16. The lowest BCUT2D eigenvalue weighted by molar-refractivity contribution is 0.0268. The molecule has 0 radical (unpaired) electrons. The second kappa shape index (κ2) is 10.4. The van der Waals surface area contributed by atoms with Gasteiger partial charge in [0.2, 0.25) is 0 Å². The largest absolute Gasteiger partial charge is 0.377 e. The van der Waals surface area contributed by atoms with Gasteiger partial charge in [0, 0.05) is 27.2 Å². The first-order valence-electron chi connectivity index (χ1n) is 6.81. The Hall–Kier alpha value is -0.410. The van der Waals surface area contributed by atoms with E-state index in [1.165, 1.54) is 6.07 Å².